The molecule has 0 saturated carbocycles. The number of fused-ring (bicyclic) bond motifs is 4. The van der Waals surface area contributed by atoms with Crippen molar-refractivity contribution in [3.05, 3.63) is 113 Å². The Kier molecular flexibility index (Phi) is 5.46. The summed E-state index contributed by atoms with van der Waals surface area (Å²) in [6.07, 6.45) is 0.257. The van der Waals surface area contributed by atoms with Crippen LogP contribution < -0.4 is 0 Å². The lowest BCUT2D eigenvalue weighted by Gasteiger charge is -2.12. The zero-order valence-corrected chi connectivity index (χ0v) is 19.9. The Balaban J connectivity index is 1.36. The molecule has 0 spiro atoms. The van der Waals surface area contributed by atoms with Gasteiger partial charge in [-0.25, -0.2) is 4.39 Å². The Labute approximate surface area is 212 Å². The predicted molar refractivity (Wildman–Crippen MR) is 135 cm³/mol. The normalized spacial score (nSPS) is 15.8. The molecule has 7 nitrogen and oxygen atoms in total. The molecule has 1 unspecified atom stereocenters. The first-order valence-corrected chi connectivity index (χ1v) is 11.8. The number of hydrogen-bond acceptors (Lipinski definition) is 5. The van der Waals surface area contributed by atoms with Crippen LogP contribution in [0.25, 0.3) is 5.69 Å². The van der Waals surface area contributed by atoms with Gasteiger partial charge in [0.15, 0.2) is 11.9 Å². The molecule has 1 aromatic heterocycles. The Morgan fingerprint density at radius 2 is 1.46 bits per heavy atom. The number of rotatable bonds is 3. The molecule has 8 heteroatoms. The number of imide groups is 1. The average Bonchev–Trinajstić information content (AvgIpc) is 3.36. The van der Waals surface area contributed by atoms with E-state index >= 15 is 0 Å². The summed E-state index contributed by atoms with van der Waals surface area (Å²) in [7, 11) is 0. The van der Waals surface area contributed by atoms with Gasteiger partial charge in [-0.2, -0.15) is 0 Å². The first kappa shape index (κ1) is 22.6. The van der Waals surface area contributed by atoms with Crippen LogP contribution in [0.1, 0.15) is 56.0 Å². The molecule has 2 amide bonds. The molecule has 6 rings (SSSR count). The molecule has 0 saturated heterocycles. The minimum absolute atomic E-state index is 0.155. The summed E-state index contributed by atoms with van der Waals surface area (Å²) in [5.41, 5.74) is 3.18. The fraction of sp³-hybridized carbons (Fsp3) is 0.138. The largest absolute Gasteiger partial charge is 0.280 e. The van der Waals surface area contributed by atoms with Gasteiger partial charge in [0.1, 0.15) is 11.6 Å². The highest BCUT2D eigenvalue weighted by Gasteiger charge is 2.34. The Bertz CT molecular complexity index is 1640. The van der Waals surface area contributed by atoms with Gasteiger partial charge in [-0.05, 0) is 37.3 Å². The van der Waals surface area contributed by atoms with Crippen molar-refractivity contribution in [1.82, 2.24) is 19.7 Å². The van der Waals surface area contributed by atoms with E-state index in [1.165, 1.54) is 11.0 Å². The van der Waals surface area contributed by atoms with Crippen molar-refractivity contribution in [3.63, 3.8) is 0 Å². The quantitative estimate of drug-likeness (QED) is 0.318. The van der Waals surface area contributed by atoms with Gasteiger partial charge < -0.3 is 0 Å². The van der Waals surface area contributed by atoms with E-state index in [4.69, 9.17) is 4.99 Å². The minimum Gasteiger partial charge on any atom is -0.280 e. The number of hydrogen-bond donors (Lipinski definition) is 0. The molecule has 1 atom stereocenters. The van der Waals surface area contributed by atoms with E-state index in [0.29, 0.717) is 34.1 Å². The number of aliphatic imine (C=N–C) groups is 1. The predicted octanol–water partition coefficient (Wildman–Crippen LogP) is 4.30. The summed E-state index contributed by atoms with van der Waals surface area (Å²) >= 11 is 0. The van der Waals surface area contributed by atoms with Gasteiger partial charge in [-0.1, -0.05) is 54.3 Å². The zero-order chi connectivity index (χ0) is 25.5. The van der Waals surface area contributed by atoms with Crippen molar-refractivity contribution in [2.24, 2.45) is 4.99 Å². The number of carbonyl (C=O) groups excluding carboxylic acids is 2. The third-order valence-corrected chi connectivity index (χ3v) is 6.46. The maximum atomic E-state index is 14.9. The molecule has 4 aromatic rings. The maximum absolute atomic E-state index is 14.9. The lowest BCUT2D eigenvalue weighted by Crippen LogP contribution is -2.30. The fourth-order valence-corrected chi connectivity index (χ4v) is 4.72. The topological polar surface area (TPSA) is 80.5 Å². The van der Waals surface area contributed by atoms with E-state index < -0.39 is 6.04 Å². The van der Waals surface area contributed by atoms with Crippen LogP contribution in [-0.2, 0) is 0 Å². The summed E-state index contributed by atoms with van der Waals surface area (Å²) in [4.78, 5) is 31.4. The van der Waals surface area contributed by atoms with Gasteiger partial charge in [0.2, 0.25) is 0 Å². The van der Waals surface area contributed by atoms with Crippen molar-refractivity contribution in [1.29, 1.82) is 0 Å². The summed E-state index contributed by atoms with van der Waals surface area (Å²) < 4.78 is 16.8. The van der Waals surface area contributed by atoms with Crippen LogP contribution in [-0.4, -0.2) is 43.7 Å². The number of amides is 2. The van der Waals surface area contributed by atoms with Crippen LogP contribution in [0.3, 0.4) is 0 Å². The second kappa shape index (κ2) is 8.95. The fourth-order valence-electron chi connectivity index (χ4n) is 4.72. The van der Waals surface area contributed by atoms with Gasteiger partial charge >= 0.3 is 0 Å². The van der Waals surface area contributed by atoms with Gasteiger partial charge in [-0.15, -0.1) is 10.2 Å². The molecule has 180 valence electrons. The Hall–Kier alpha value is -4.90. The molecule has 3 heterocycles. The number of halogens is 1. The second-order valence-electron chi connectivity index (χ2n) is 8.70. The van der Waals surface area contributed by atoms with Gasteiger partial charge in [0.05, 0.1) is 22.5 Å². The number of carbonyl (C=O) groups is 2. The first-order valence-electron chi connectivity index (χ1n) is 11.8. The van der Waals surface area contributed by atoms with Crippen molar-refractivity contribution < 1.29 is 14.0 Å². The van der Waals surface area contributed by atoms with E-state index in [2.05, 4.69) is 22.0 Å². The SMILES string of the molecule is Cc1nnc2n1-c1ccccc1C(c1ccccc1F)=NC2C#CCCN1C(=O)c2ccccc2C1=O. The molecule has 2 aliphatic heterocycles. The molecule has 0 N–H and O–H groups in total. The van der Waals surface area contributed by atoms with Crippen molar-refractivity contribution in [3.8, 4) is 17.5 Å². The molecular formula is C29H20FN5O2. The number of nitrogens with zero attached hydrogens (tertiary/aromatic N) is 5. The van der Waals surface area contributed by atoms with E-state index in [-0.39, 0.29) is 30.6 Å². The molecule has 0 radical (unpaired) electrons. The van der Waals surface area contributed by atoms with Crippen LogP contribution in [0.4, 0.5) is 4.39 Å². The van der Waals surface area contributed by atoms with E-state index in [1.54, 1.807) is 42.5 Å². The zero-order valence-electron chi connectivity index (χ0n) is 19.9. The third-order valence-electron chi connectivity index (χ3n) is 6.46. The highest BCUT2D eigenvalue weighted by molar-refractivity contribution is 6.21. The van der Waals surface area contributed by atoms with E-state index in [0.717, 1.165) is 11.3 Å². The van der Waals surface area contributed by atoms with Crippen LogP contribution in [0.2, 0.25) is 0 Å². The number of para-hydroxylation sites is 1. The summed E-state index contributed by atoms with van der Waals surface area (Å²) in [5.74, 6) is 6.35. The van der Waals surface area contributed by atoms with E-state index in [1.807, 2.05) is 35.8 Å². The third kappa shape index (κ3) is 3.72. The van der Waals surface area contributed by atoms with Crippen molar-refractivity contribution in [2.45, 2.75) is 19.4 Å². The number of benzene rings is 3. The molecule has 2 aliphatic rings. The molecule has 0 fully saturated rings. The van der Waals surface area contributed by atoms with Crippen molar-refractivity contribution in [2.75, 3.05) is 6.54 Å². The standard InChI is InChI=1S/C29H20FN5O2/c1-18-32-33-27-24(15-8-9-17-34-28(36)19-10-2-3-11-20(19)29(34)37)31-26(21-12-4-6-14-23(21)30)22-13-5-7-16-25(22)35(18)27/h2-7,10-14,16,24H,9,17H2,1H3. The molecule has 0 aliphatic carbocycles. The molecular weight excluding hydrogens is 469 g/mol. The first-order chi connectivity index (χ1) is 18.0. The lowest BCUT2D eigenvalue weighted by atomic mass is 10.00. The smallest absolute Gasteiger partial charge is 0.261 e. The van der Waals surface area contributed by atoms with Crippen molar-refractivity contribution >= 4 is 17.5 Å². The second-order valence-corrected chi connectivity index (χ2v) is 8.70. The Morgan fingerprint density at radius 3 is 2.16 bits per heavy atom. The molecule has 0 bridgehead atoms. The molecule has 3 aromatic carbocycles. The summed E-state index contributed by atoms with van der Waals surface area (Å²) in [6, 6.07) is 20.1. The van der Waals surface area contributed by atoms with Gasteiger partial charge in [-0.3, -0.25) is 24.0 Å². The Morgan fingerprint density at radius 1 is 0.838 bits per heavy atom. The van der Waals surface area contributed by atoms with Crippen LogP contribution in [0.15, 0.2) is 77.8 Å². The average molecular weight is 490 g/mol. The summed E-state index contributed by atoms with van der Waals surface area (Å²) in [5, 5.41) is 8.59. The van der Waals surface area contributed by atoms with E-state index in [9.17, 15) is 14.0 Å². The van der Waals surface area contributed by atoms with Crippen LogP contribution in [0.5, 0.6) is 0 Å². The highest BCUT2D eigenvalue weighted by atomic mass is 19.1. The minimum atomic E-state index is -0.731. The lowest BCUT2D eigenvalue weighted by molar-refractivity contribution is 0.0658. The summed E-state index contributed by atoms with van der Waals surface area (Å²) in [6.45, 7) is 2.00. The monoisotopic (exact) mass is 489 g/mol. The highest BCUT2D eigenvalue weighted by Crippen LogP contribution is 2.31. The van der Waals surface area contributed by atoms with Gasteiger partial charge in [0.25, 0.3) is 11.8 Å². The van der Waals surface area contributed by atoms with Crippen LogP contribution in [0, 0.1) is 24.6 Å². The number of aromatic nitrogens is 3. The van der Waals surface area contributed by atoms with Crippen LogP contribution >= 0.6 is 0 Å². The van der Waals surface area contributed by atoms with Gasteiger partial charge in [0, 0.05) is 24.1 Å². The molecule has 37 heavy (non-hydrogen) atoms. The maximum Gasteiger partial charge on any atom is 0.261 e. The number of aryl methyl sites for hydroxylation is 1.